The molecule has 0 N–H and O–H groups in total. The molecule has 0 unspecified atom stereocenters. The van der Waals surface area contributed by atoms with E-state index in [0.29, 0.717) is 16.9 Å². The summed E-state index contributed by atoms with van der Waals surface area (Å²) in [5.74, 6) is 1.28. The lowest BCUT2D eigenvalue weighted by Crippen LogP contribution is -2.08. The fraction of sp³-hybridized carbons (Fsp3) is 0.0816. The Hall–Kier alpha value is -6.77. The van der Waals surface area contributed by atoms with Crippen molar-refractivity contribution in [3.8, 4) is 23.0 Å². The number of rotatable bonds is 5. The summed E-state index contributed by atoms with van der Waals surface area (Å²) in [5, 5.41) is 14.1. The van der Waals surface area contributed by atoms with E-state index in [1.807, 2.05) is 28.7 Å². The van der Waals surface area contributed by atoms with E-state index in [4.69, 9.17) is 15.2 Å². The monoisotopic (exact) mass is 758 g/mol. The molecule has 57 heavy (non-hydrogen) atoms. The van der Waals surface area contributed by atoms with E-state index in [1.54, 1.807) is 17.8 Å². The van der Waals surface area contributed by atoms with Crippen molar-refractivity contribution in [2.45, 2.75) is 37.5 Å². The topological polar surface area (TPSA) is 52.9 Å². The van der Waals surface area contributed by atoms with Gasteiger partial charge in [0.1, 0.15) is 5.82 Å². The molecule has 0 bridgehead atoms. The van der Waals surface area contributed by atoms with Crippen LogP contribution in [0.5, 0.6) is 0 Å². The van der Waals surface area contributed by atoms with Crippen molar-refractivity contribution in [2.24, 2.45) is 0 Å². The van der Waals surface area contributed by atoms with Crippen LogP contribution < -0.4 is 0 Å². The lowest BCUT2D eigenvalue weighted by molar-refractivity contribution is 0.640. The number of fused-ring (bicyclic) bond motifs is 10. The highest BCUT2D eigenvalue weighted by atomic mass is 32.2. The molecule has 6 nitrogen and oxygen atoms in total. The van der Waals surface area contributed by atoms with Gasteiger partial charge in [-0.15, -0.1) is 10.2 Å². The molecular weight excluding hydrogens is 724 g/mol. The number of para-hydroxylation sites is 4. The number of hydrogen-bond acceptors (Lipinski definition) is 4. The molecule has 0 amide bonds. The van der Waals surface area contributed by atoms with Crippen LogP contribution in [0.4, 0.5) is 4.39 Å². The molecule has 0 saturated carbocycles. The SMILES string of the molecule is Cc1cccc(C)c1-c1nnc2c3cc(Sc4ccc5c6ccccc6n(-c6nc7ccccc7n6-c6c(C)cccc6C)c5c4)ccc3c3c(F)cccc3n12. The summed E-state index contributed by atoms with van der Waals surface area (Å²) in [5.41, 5.74) is 12.3. The molecule has 4 aromatic heterocycles. The van der Waals surface area contributed by atoms with E-state index in [-0.39, 0.29) is 5.82 Å². The first-order valence-corrected chi connectivity index (χ1v) is 19.9. The predicted molar refractivity (Wildman–Crippen MR) is 232 cm³/mol. The van der Waals surface area contributed by atoms with E-state index in [9.17, 15) is 0 Å². The van der Waals surface area contributed by atoms with Gasteiger partial charge in [0, 0.05) is 36.9 Å². The minimum Gasteiger partial charge on any atom is -0.279 e. The molecule has 11 rings (SSSR count). The Morgan fingerprint density at radius 1 is 0.509 bits per heavy atom. The largest absolute Gasteiger partial charge is 0.279 e. The molecule has 8 heteroatoms. The summed E-state index contributed by atoms with van der Waals surface area (Å²) in [4.78, 5) is 7.42. The van der Waals surface area contributed by atoms with Crippen molar-refractivity contribution in [1.82, 2.24) is 28.7 Å². The van der Waals surface area contributed by atoms with Gasteiger partial charge in [0.2, 0.25) is 5.95 Å². The zero-order chi connectivity index (χ0) is 38.5. The van der Waals surface area contributed by atoms with Crippen LogP contribution in [-0.2, 0) is 0 Å². The molecule has 274 valence electrons. The van der Waals surface area contributed by atoms with Crippen molar-refractivity contribution in [1.29, 1.82) is 0 Å². The van der Waals surface area contributed by atoms with Crippen LogP contribution in [0, 0.1) is 33.5 Å². The number of halogens is 1. The molecule has 0 fully saturated rings. The number of nitrogens with zero attached hydrogens (tertiary/aromatic N) is 6. The number of benzene rings is 7. The molecule has 7 aromatic carbocycles. The number of pyridine rings is 1. The van der Waals surface area contributed by atoms with Crippen LogP contribution in [-0.4, -0.2) is 28.7 Å². The first-order valence-electron chi connectivity index (χ1n) is 19.1. The Morgan fingerprint density at radius 2 is 1.14 bits per heavy atom. The van der Waals surface area contributed by atoms with Gasteiger partial charge in [-0.1, -0.05) is 96.7 Å². The smallest absolute Gasteiger partial charge is 0.220 e. The van der Waals surface area contributed by atoms with Gasteiger partial charge in [0.25, 0.3) is 0 Å². The zero-order valence-electron chi connectivity index (χ0n) is 31.7. The first kappa shape index (κ1) is 33.6. The molecule has 0 saturated heterocycles. The number of imidazole rings is 1. The molecular formula is C49H35FN6S. The second-order valence-corrected chi connectivity index (χ2v) is 16.0. The van der Waals surface area contributed by atoms with Crippen molar-refractivity contribution >= 4 is 71.9 Å². The second-order valence-electron chi connectivity index (χ2n) is 14.9. The normalized spacial score (nSPS) is 12.0. The highest BCUT2D eigenvalue weighted by molar-refractivity contribution is 7.99. The lowest BCUT2D eigenvalue weighted by atomic mass is 10.0. The van der Waals surface area contributed by atoms with Crippen LogP contribution in [0.15, 0.2) is 149 Å². The van der Waals surface area contributed by atoms with E-state index < -0.39 is 0 Å². The molecule has 0 aliphatic heterocycles. The van der Waals surface area contributed by atoms with Crippen LogP contribution in [0.3, 0.4) is 0 Å². The highest BCUT2D eigenvalue weighted by Gasteiger charge is 2.23. The van der Waals surface area contributed by atoms with Gasteiger partial charge in [-0.3, -0.25) is 13.5 Å². The van der Waals surface area contributed by atoms with Crippen LogP contribution >= 0.6 is 11.8 Å². The molecule has 11 aromatic rings. The minimum absolute atomic E-state index is 0.272. The van der Waals surface area contributed by atoms with Crippen molar-refractivity contribution < 1.29 is 4.39 Å². The average Bonchev–Trinajstić information content (AvgIpc) is 3.90. The van der Waals surface area contributed by atoms with Crippen molar-refractivity contribution in [3.05, 3.63) is 168 Å². The summed E-state index contributed by atoms with van der Waals surface area (Å²) < 4.78 is 22.5. The fourth-order valence-electron chi connectivity index (χ4n) is 8.88. The maximum Gasteiger partial charge on any atom is 0.220 e. The molecule has 0 aliphatic rings. The predicted octanol–water partition coefficient (Wildman–Crippen LogP) is 12.7. The van der Waals surface area contributed by atoms with Gasteiger partial charge in [0.05, 0.1) is 33.3 Å². The van der Waals surface area contributed by atoms with E-state index in [0.717, 1.165) is 87.2 Å². The Labute approximate surface area is 331 Å². The molecule has 0 atom stereocenters. The van der Waals surface area contributed by atoms with Crippen molar-refractivity contribution in [2.75, 3.05) is 0 Å². The van der Waals surface area contributed by atoms with Gasteiger partial charge in [-0.2, -0.15) is 0 Å². The average molecular weight is 759 g/mol. The lowest BCUT2D eigenvalue weighted by Gasteiger charge is -2.17. The molecule has 4 heterocycles. The van der Waals surface area contributed by atoms with Crippen LogP contribution in [0.2, 0.25) is 0 Å². The van der Waals surface area contributed by atoms with Crippen LogP contribution in [0.25, 0.3) is 83.2 Å². The maximum atomic E-state index is 15.9. The highest BCUT2D eigenvalue weighted by Crippen LogP contribution is 2.41. The third kappa shape index (κ3) is 5.00. The van der Waals surface area contributed by atoms with Gasteiger partial charge in [-0.25, -0.2) is 9.37 Å². The fourth-order valence-corrected chi connectivity index (χ4v) is 9.77. The van der Waals surface area contributed by atoms with Crippen LogP contribution in [0.1, 0.15) is 22.3 Å². The van der Waals surface area contributed by atoms with E-state index in [2.05, 4.69) is 140 Å². The van der Waals surface area contributed by atoms with Gasteiger partial charge in [-0.05, 0) is 110 Å². The van der Waals surface area contributed by atoms with Gasteiger partial charge >= 0.3 is 0 Å². The minimum atomic E-state index is -0.272. The summed E-state index contributed by atoms with van der Waals surface area (Å²) in [6, 6.07) is 47.8. The standard InChI is InChI=1S/C49H35FN6S/c1-28-12-9-13-29(2)44(28)48-53-52-47-37-26-32(23-25-36(37)45-38(50)17-11-21-42(45)56(47)48)57-33-22-24-35-34-16-5-7-19-40(34)54(43(35)27-33)49-51-39-18-6-8-20-41(39)55(49)46-30(3)14-10-15-31(46)4/h5-27H,1-4H3. The maximum absolute atomic E-state index is 15.9. The van der Waals surface area contributed by atoms with E-state index in [1.165, 1.54) is 17.2 Å². The summed E-state index contributed by atoms with van der Waals surface area (Å²) in [7, 11) is 0. The Morgan fingerprint density at radius 3 is 1.93 bits per heavy atom. The Kier molecular flexibility index (Phi) is 7.43. The number of aromatic nitrogens is 6. The van der Waals surface area contributed by atoms with E-state index >= 15 is 4.39 Å². The zero-order valence-corrected chi connectivity index (χ0v) is 32.6. The van der Waals surface area contributed by atoms with Crippen molar-refractivity contribution in [3.63, 3.8) is 0 Å². The summed E-state index contributed by atoms with van der Waals surface area (Å²) >= 11 is 1.68. The Balaban J connectivity index is 1.12. The first-order chi connectivity index (χ1) is 27.9. The molecule has 0 radical (unpaired) electrons. The molecule has 0 spiro atoms. The second kappa shape index (κ2) is 12.6. The summed E-state index contributed by atoms with van der Waals surface area (Å²) in [6.07, 6.45) is 0. The number of aryl methyl sites for hydroxylation is 4. The number of hydrogen-bond donors (Lipinski definition) is 0. The summed E-state index contributed by atoms with van der Waals surface area (Å²) in [6.45, 7) is 8.50. The molecule has 0 aliphatic carbocycles. The van der Waals surface area contributed by atoms with Gasteiger partial charge in [0.15, 0.2) is 11.5 Å². The Bertz CT molecular complexity index is 3420. The third-order valence-electron chi connectivity index (χ3n) is 11.4. The third-order valence-corrected chi connectivity index (χ3v) is 12.4. The van der Waals surface area contributed by atoms with Gasteiger partial charge < -0.3 is 0 Å². The quantitative estimate of drug-likeness (QED) is 0.164.